The van der Waals surface area contributed by atoms with Crippen LogP contribution < -0.4 is 10.5 Å². The van der Waals surface area contributed by atoms with Gasteiger partial charge in [0.25, 0.3) is 0 Å². The van der Waals surface area contributed by atoms with E-state index >= 15 is 0 Å². The van der Waals surface area contributed by atoms with Crippen LogP contribution in [-0.2, 0) is 0 Å². The summed E-state index contributed by atoms with van der Waals surface area (Å²) < 4.78 is 5.38. The number of benzene rings is 1. The van der Waals surface area contributed by atoms with Crippen molar-refractivity contribution >= 4 is 11.8 Å². The van der Waals surface area contributed by atoms with Crippen LogP contribution in [0.3, 0.4) is 0 Å². The van der Waals surface area contributed by atoms with E-state index in [0.717, 1.165) is 24.5 Å². The number of hydrogen-bond donors (Lipinski definition) is 1. The highest BCUT2D eigenvalue weighted by molar-refractivity contribution is 7.99. The number of nitrogens with two attached hydrogens (primary N) is 1. The molecule has 1 aliphatic rings. The fourth-order valence-electron chi connectivity index (χ4n) is 1.93. The van der Waals surface area contributed by atoms with Gasteiger partial charge < -0.3 is 10.5 Å². The minimum atomic E-state index is 0.580. The summed E-state index contributed by atoms with van der Waals surface area (Å²) in [7, 11) is 1.73. The predicted molar refractivity (Wildman–Crippen MR) is 60.1 cm³/mol. The maximum absolute atomic E-state index is 5.61. The predicted octanol–water partition coefficient (Wildman–Crippen LogP) is 2.23. The van der Waals surface area contributed by atoms with Crippen LogP contribution in [0, 0.1) is 0 Å². The second-order valence-electron chi connectivity index (χ2n) is 3.46. The Bertz CT molecular complexity index is 325. The Labute approximate surface area is 88.8 Å². The van der Waals surface area contributed by atoms with E-state index in [0.29, 0.717) is 5.92 Å². The van der Waals surface area contributed by atoms with E-state index in [1.165, 1.54) is 10.5 Å². The molecule has 0 aliphatic carbocycles. The zero-order valence-electron chi connectivity index (χ0n) is 8.32. The van der Waals surface area contributed by atoms with E-state index in [4.69, 9.17) is 10.5 Å². The molecule has 0 saturated carbocycles. The Balaban J connectivity index is 2.35. The molecule has 1 atom stereocenters. The summed E-state index contributed by atoms with van der Waals surface area (Å²) in [5.74, 6) is 2.74. The van der Waals surface area contributed by atoms with Crippen molar-refractivity contribution < 1.29 is 4.74 Å². The highest BCUT2D eigenvalue weighted by Crippen LogP contribution is 2.45. The lowest BCUT2D eigenvalue weighted by Gasteiger charge is -2.12. The third kappa shape index (κ3) is 1.62. The molecule has 0 fully saturated rings. The van der Waals surface area contributed by atoms with Gasteiger partial charge in [-0.15, -0.1) is 11.8 Å². The highest BCUT2D eigenvalue weighted by atomic mass is 32.2. The Hall–Kier alpha value is -0.670. The normalized spacial score (nSPS) is 19.4. The van der Waals surface area contributed by atoms with Crippen LogP contribution in [0.4, 0.5) is 0 Å². The third-order valence-electron chi connectivity index (χ3n) is 2.61. The molecule has 0 amide bonds. The van der Waals surface area contributed by atoms with Gasteiger partial charge in [-0.3, -0.25) is 0 Å². The van der Waals surface area contributed by atoms with Gasteiger partial charge in [-0.25, -0.2) is 0 Å². The van der Waals surface area contributed by atoms with Crippen LogP contribution in [0.2, 0.25) is 0 Å². The number of fused-ring (bicyclic) bond motifs is 1. The number of methoxy groups -OCH3 is 1. The molecule has 1 unspecified atom stereocenters. The molecule has 1 aromatic carbocycles. The Morgan fingerprint density at radius 3 is 3.14 bits per heavy atom. The molecule has 1 aromatic rings. The summed E-state index contributed by atoms with van der Waals surface area (Å²) >= 11 is 1.91. The largest absolute Gasteiger partial charge is 0.496 e. The molecule has 0 spiro atoms. The summed E-state index contributed by atoms with van der Waals surface area (Å²) in [5.41, 5.74) is 6.97. The van der Waals surface area contributed by atoms with Crippen molar-refractivity contribution in [2.75, 3.05) is 19.4 Å². The van der Waals surface area contributed by atoms with Crippen LogP contribution in [0.15, 0.2) is 23.1 Å². The molecule has 14 heavy (non-hydrogen) atoms. The first kappa shape index (κ1) is 9.87. The average Bonchev–Trinajstić information content (AvgIpc) is 2.62. The summed E-state index contributed by atoms with van der Waals surface area (Å²) in [6.07, 6.45) is 1.06. The lowest BCUT2D eigenvalue weighted by molar-refractivity contribution is 0.404. The Kier molecular flexibility index (Phi) is 2.99. The molecule has 0 bridgehead atoms. The topological polar surface area (TPSA) is 35.2 Å². The van der Waals surface area contributed by atoms with Gasteiger partial charge >= 0.3 is 0 Å². The van der Waals surface area contributed by atoms with Crippen molar-refractivity contribution in [2.45, 2.75) is 17.2 Å². The molecule has 1 heterocycles. The summed E-state index contributed by atoms with van der Waals surface area (Å²) in [5, 5.41) is 0. The number of hydrogen-bond acceptors (Lipinski definition) is 3. The third-order valence-corrected chi connectivity index (χ3v) is 3.85. The molecular formula is C11H15NOS. The van der Waals surface area contributed by atoms with E-state index in [1.807, 2.05) is 17.8 Å². The van der Waals surface area contributed by atoms with E-state index in [2.05, 4.69) is 12.1 Å². The SMILES string of the molecule is COc1cccc2c1C(CCN)CS2. The van der Waals surface area contributed by atoms with Crippen molar-refractivity contribution in [3.8, 4) is 5.75 Å². The molecule has 2 rings (SSSR count). The second kappa shape index (κ2) is 4.24. The minimum Gasteiger partial charge on any atom is -0.496 e. The first-order valence-electron chi connectivity index (χ1n) is 4.86. The fraction of sp³-hybridized carbons (Fsp3) is 0.455. The summed E-state index contributed by atoms with van der Waals surface area (Å²) in [6, 6.07) is 6.25. The van der Waals surface area contributed by atoms with Gasteiger partial charge in [0.1, 0.15) is 5.75 Å². The molecule has 2 N–H and O–H groups in total. The maximum Gasteiger partial charge on any atom is 0.123 e. The zero-order valence-corrected chi connectivity index (χ0v) is 9.14. The van der Waals surface area contributed by atoms with Crippen LogP contribution in [0.1, 0.15) is 17.9 Å². The smallest absolute Gasteiger partial charge is 0.123 e. The molecule has 76 valence electrons. The molecule has 1 aliphatic heterocycles. The molecule has 0 aromatic heterocycles. The zero-order chi connectivity index (χ0) is 9.97. The average molecular weight is 209 g/mol. The van der Waals surface area contributed by atoms with Gasteiger partial charge in [-0.1, -0.05) is 6.07 Å². The summed E-state index contributed by atoms with van der Waals surface area (Å²) in [6.45, 7) is 0.753. The molecule has 3 heteroatoms. The van der Waals surface area contributed by atoms with Crippen molar-refractivity contribution in [1.29, 1.82) is 0 Å². The van der Waals surface area contributed by atoms with E-state index in [-0.39, 0.29) is 0 Å². The number of thioether (sulfide) groups is 1. The first-order chi connectivity index (χ1) is 6.86. The molecule has 2 nitrogen and oxygen atoms in total. The van der Waals surface area contributed by atoms with Gasteiger partial charge in [0.15, 0.2) is 0 Å². The monoisotopic (exact) mass is 209 g/mol. The fourth-order valence-corrected chi connectivity index (χ4v) is 3.24. The lowest BCUT2D eigenvalue weighted by atomic mass is 9.97. The van der Waals surface area contributed by atoms with Crippen molar-refractivity contribution in [2.24, 2.45) is 5.73 Å². The van der Waals surface area contributed by atoms with Crippen LogP contribution in [-0.4, -0.2) is 19.4 Å². The van der Waals surface area contributed by atoms with Gasteiger partial charge in [-0.05, 0) is 31.0 Å². The van der Waals surface area contributed by atoms with E-state index in [1.54, 1.807) is 7.11 Å². The minimum absolute atomic E-state index is 0.580. The van der Waals surface area contributed by atoms with E-state index in [9.17, 15) is 0 Å². The van der Waals surface area contributed by atoms with Crippen molar-refractivity contribution in [3.05, 3.63) is 23.8 Å². The van der Waals surface area contributed by atoms with Crippen molar-refractivity contribution in [1.82, 2.24) is 0 Å². The van der Waals surface area contributed by atoms with Gasteiger partial charge in [0, 0.05) is 16.2 Å². The number of rotatable bonds is 3. The standard InChI is InChI=1S/C11H15NOS/c1-13-9-3-2-4-10-11(9)8(5-6-12)7-14-10/h2-4,8H,5-7,12H2,1H3. The van der Waals surface area contributed by atoms with Crippen LogP contribution >= 0.6 is 11.8 Å². The van der Waals surface area contributed by atoms with Crippen LogP contribution in [0.5, 0.6) is 5.75 Å². The van der Waals surface area contributed by atoms with E-state index < -0.39 is 0 Å². The second-order valence-corrected chi connectivity index (χ2v) is 4.52. The van der Waals surface area contributed by atoms with Gasteiger partial charge in [0.2, 0.25) is 0 Å². The molecular weight excluding hydrogens is 194 g/mol. The molecule has 0 radical (unpaired) electrons. The quantitative estimate of drug-likeness (QED) is 0.829. The Morgan fingerprint density at radius 1 is 1.57 bits per heavy atom. The van der Waals surface area contributed by atoms with Crippen molar-refractivity contribution in [3.63, 3.8) is 0 Å². The first-order valence-corrected chi connectivity index (χ1v) is 5.85. The van der Waals surface area contributed by atoms with Gasteiger partial charge in [-0.2, -0.15) is 0 Å². The maximum atomic E-state index is 5.61. The number of ether oxygens (including phenoxy) is 1. The Morgan fingerprint density at radius 2 is 2.43 bits per heavy atom. The lowest BCUT2D eigenvalue weighted by Crippen LogP contribution is -2.07. The summed E-state index contributed by atoms with van der Waals surface area (Å²) in [4.78, 5) is 1.36. The van der Waals surface area contributed by atoms with Crippen LogP contribution in [0.25, 0.3) is 0 Å². The molecule has 0 saturated heterocycles. The highest BCUT2D eigenvalue weighted by Gasteiger charge is 2.25. The van der Waals surface area contributed by atoms with Gasteiger partial charge in [0.05, 0.1) is 7.11 Å².